The minimum atomic E-state index is -0.322. The number of aryl methyl sites for hydroxylation is 1. The van der Waals surface area contributed by atoms with E-state index >= 15 is 0 Å². The minimum Gasteiger partial charge on any atom is -0.489 e. The molecule has 0 radical (unpaired) electrons. The number of nitrogens with two attached hydrogens (primary N) is 1. The van der Waals surface area contributed by atoms with E-state index in [0.29, 0.717) is 17.9 Å². The highest BCUT2D eigenvalue weighted by Crippen LogP contribution is 2.21. The maximum atomic E-state index is 13.7. The van der Waals surface area contributed by atoms with Crippen LogP contribution in [0.3, 0.4) is 0 Å². The maximum absolute atomic E-state index is 13.7. The van der Waals surface area contributed by atoms with Crippen LogP contribution in [0.4, 0.5) is 4.39 Å². The molecule has 19 heavy (non-hydrogen) atoms. The van der Waals surface area contributed by atoms with Gasteiger partial charge in [0.1, 0.15) is 18.2 Å². The average molecular weight is 259 g/mol. The van der Waals surface area contributed by atoms with E-state index < -0.39 is 0 Å². The summed E-state index contributed by atoms with van der Waals surface area (Å²) in [4.78, 5) is 0. The Hall–Kier alpha value is -1.87. The van der Waals surface area contributed by atoms with Crippen molar-refractivity contribution in [1.82, 2.24) is 0 Å². The van der Waals surface area contributed by atoms with Crippen molar-refractivity contribution in [2.45, 2.75) is 26.5 Å². The first-order valence-electron chi connectivity index (χ1n) is 6.30. The van der Waals surface area contributed by atoms with E-state index in [1.165, 1.54) is 6.07 Å². The Kier molecular flexibility index (Phi) is 4.17. The first-order chi connectivity index (χ1) is 9.08. The van der Waals surface area contributed by atoms with Gasteiger partial charge in [0.15, 0.2) is 0 Å². The van der Waals surface area contributed by atoms with E-state index in [0.717, 1.165) is 11.1 Å². The minimum absolute atomic E-state index is 0.314. The molecule has 0 amide bonds. The number of hydrogen-bond acceptors (Lipinski definition) is 2. The highest BCUT2D eigenvalue weighted by molar-refractivity contribution is 5.31. The summed E-state index contributed by atoms with van der Waals surface area (Å²) >= 11 is 0. The van der Waals surface area contributed by atoms with Crippen LogP contribution in [0.25, 0.3) is 0 Å². The first-order valence-corrected chi connectivity index (χ1v) is 6.30. The zero-order valence-corrected chi connectivity index (χ0v) is 11.2. The van der Waals surface area contributed by atoms with Gasteiger partial charge in [0.2, 0.25) is 0 Å². The van der Waals surface area contributed by atoms with Gasteiger partial charge in [-0.3, -0.25) is 0 Å². The fraction of sp³-hybridized carbons (Fsp3) is 0.250. The molecule has 2 nitrogen and oxygen atoms in total. The summed E-state index contributed by atoms with van der Waals surface area (Å²) in [5.74, 6) is 0.197. The number of rotatable bonds is 4. The van der Waals surface area contributed by atoms with Gasteiger partial charge in [0.25, 0.3) is 0 Å². The Morgan fingerprint density at radius 3 is 2.58 bits per heavy atom. The fourth-order valence-corrected chi connectivity index (χ4v) is 1.90. The summed E-state index contributed by atoms with van der Waals surface area (Å²) in [6.07, 6.45) is 0. The van der Waals surface area contributed by atoms with Gasteiger partial charge in [0, 0.05) is 17.7 Å². The molecule has 0 aliphatic carbocycles. The summed E-state index contributed by atoms with van der Waals surface area (Å²) in [6, 6.07) is 12.5. The molecule has 0 spiro atoms. The van der Waals surface area contributed by atoms with Crippen LogP contribution in [0, 0.1) is 12.7 Å². The molecule has 0 aromatic heterocycles. The van der Waals surface area contributed by atoms with E-state index in [-0.39, 0.29) is 11.9 Å². The average Bonchev–Trinajstić information content (AvgIpc) is 2.37. The standard InChI is InChI=1S/C16H18FNO/c1-11-5-3-4-6-13(11)10-19-14-7-8-15(12(2)18)16(17)9-14/h3-9,12H,10,18H2,1-2H3. The van der Waals surface area contributed by atoms with Crippen molar-refractivity contribution in [3.8, 4) is 5.75 Å². The Labute approximate surface area is 113 Å². The Balaban J connectivity index is 2.08. The van der Waals surface area contributed by atoms with Gasteiger partial charge in [-0.1, -0.05) is 30.3 Å². The smallest absolute Gasteiger partial charge is 0.131 e. The van der Waals surface area contributed by atoms with Gasteiger partial charge < -0.3 is 10.5 Å². The molecule has 2 N–H and O–H groups in total. The summed E-state index contributed by atoms with van der Waals surface area (Å²) in [5, 5.41) is 0. The number of ether oxygens (including phenoxy) is 1. The van der Waals surface area contributed by atoms with Gasteiger partial charge in [-0.2, -0.15) is 0 Å². The van der Waals surface area contributed by atoms with Gasteiger partial charge >= 0.3 is 0 Å². The molecule has 100 valence electrons. The quantitative estimate of drug-likeness (QED) is 0.908. The predicted octanol–water partition coefficient (Wildman–Crippen LogP) is 3.73. The van der Waals surface area contributed by atoms with E-state index in [4.69, 9.17) is 10.5 Å². The van der Waals surface area contributed by atoms with Crippen LogP contribution in [-0.2, 0) is 6.61 Å². The van der Waals surface area contributed by atoms with Crippen LogP contribution in [0.2, 0.25) is 0 Å². The molecule has 0 aliphatic rings. The second-order valence-corrected chi connectivity index (χ2v) is 4.69. The molecular formula is C16H18FNO. The largest absolute Gasteiger partial charge is 0.489 e. The molecule has 0 saturated heterocycles. The Morgan fingerprint density at radius 2 is 1.95 bits per heavy atom. The van der Waals surface area contributed by atoms with Crippen LogP contribution in [0.15, 0.2) is 42.5 Å². The second kappa shape index (κ2) is 5.85. The summed E-state index contributed by atoms with van der Waals surface area (Å²) in [7, 11) is 0. The topological polar surface area (TPSA) is 35.2 Å². The van der Waals surface area contributed by atoms with Crippen molar-refractivity contribution < 1.29 is 9.13 Å². The van der Waals surface area contributed by atoms with Crippen molar-refractivity contribution in [1.29, 1.82) is 0 Å². The maximum Gasteiger partial charge on any atom is 0.131 e. The SMILES string of the molecule is Cc1ccccc1COc1ccc(C(C)N)c(F)c1. The van der Waals surface area contributed by atoms with E-state index in [9.17, 15) is 4.39 Å². The van der Waals surface area contributed by atoms with Crippen LogP contribution in [-0.4, -0.2) is 0 Å². The third-order valence-electron chi connectivity index (χ3n) is 3.12. The monoisotopic (exact) mass is 259 g/mol. The Bertz CT molecular complexity index is 566. The number of benzene rings is 2. The normalized spacial score (nSPS) is 12.2. The van der Waals surface area contributed by atoms with Crippen molar-refractivity contribution >= 4 is 0 Å². The third-order valence-corrected chi connectivity index (χ3v) is 3.12. The third kappa shape index (κ3) is 3.32. The molecule has 0 heterocycles. The summed E-state index contributed by atoms with van der Waals surface area (Å²) < 4.78 is 19.4. The van der Waals surface area contributed by atoms with Gasteiger partial charge in [0.05, 0.1) is 0 Å². The lowest BCUT2D eigenvalue weighted by atomic mass is 10.1. The van der Waals surface area contributed by atoms with Crippen molar-refractivity contribution in [3.05, 3.63) is 65.0 Å². The molecule has 3 heteroatoms. The van der Waals surface area contributed by atoms with Crippen LogP contribution >= 0.6 is 0 Å². The molecule has 2 rings (SSSR count). The summed E-state index contributed by atoms with van der Waals surface area (Å²) in [5.41, 5.74) is 8.43. The molecular weight excluding hydrogens is 241 g/mol. The molecule has 0 aliphatic heterocycles. The zero-order valence-electron chi connectivity index (χ0n) is 11.2. The van der Waals surface area contributed by atoms with Gasteiger partial charge in [-0.25, -0.2) is 4.39 Å². The van der Waals surface area contributed by atoms with E-state index in [1.54, 1.807) is 19.1 Å². The van der Waals surface area contributed by atoms with Crippen LogP contribution in [0.1, 0.15) is 29.7 Å². The number of hydrogen-bond donors (Lipinski definition) is 1. The molecule has 0 bridgehead atoms. The van der Waals surface area contributed by atoms with Crippen molar-refractivity contribution in [3.63, 3.8) is 0 Å². The summed E-state index contributed by atoms with van der Waals surface area (Å²) in [6.45, 7) is 4.22. The fourth-order valence-electron chi connectivity index (χ4n) is 1.90. The molecule has 2 aromatic rings. The molecule has 1 unspecified atom stereocenters. The zero-order chi connectivity index (χ0) is 13.8. The second-order valence-electron chi connectivity index (χ2n) is 4.69. The molecule has 1 atom stereocenters. The first kappa shape index (κ1) is 13.6. The molecule has 2 aromatic carbocycles. The lowest BCUT2D eigenvalue weighted by Gasteiger charge is -2.11. The highest BCUT2D eigenvalue weighted by Gasteiger charge is 2.08. The lowest BCUT2D eigenvalue weighted by molar-refractivity contribution is 0.303. The van der Waals surface area contributed by atoms with Crippen LogP contribution < -0.4 is 10.5 Å². The van der Waals surface area contributed by atoms with Gasteiger partial charge in [-0.05, 0) is 31.0 Å². The van der Waals surface area contributed by atoms with Crippen molar-refractivity contribution in [2.75, 3.05) is 0 Å². The molecule has 0 fully saturated rings. The van der Waals surface area contributed by atoms with E-state index in [1.807, 2.05) is 31.2 Å². The number of halogens is 1. The van der Waals surface area contributed by atoms with Crippen molar-refractivity contribution in [2.24, 2.45) is 5.73 Å². The predicted molar refractivity (Wildman–Crippen MR) is 74.5 cm³/mol. The van der Waals surface area contributed by atoms with E-state index in [2.05, 4.69) is 0 Å². The Morgan fingerprint density at radius 1 is 1.21 bits per heavy atom. The molecule has 0 saturated carbocycles. The highest BCUT2D eigenvalue weighted by atomic mass is 19.1. The van der Waals surface area contributed by atoms with Crippen LogP contribution in [0.5, 0.6) is 5.75 Å². The van der Waals surface area contributed by atoms with Gasteiger partial charge in [-0.15, -0.1) is 0 Å². The lowest BCUT2D eigenvalue weighted by Crippen LogP contribution is -2.07.